The molecule has 0 aliphatic carbocycles. The summed E-state index contributed by atoms with van der Waals surface area (Å²) in [4.78, 5) is 12.0. The van der Waals surface area contributed by atoms with E-state index in [9.17, 15) is 4.79 Å². The van der Waals surface area contributed by atoms with E-state index in [1.165, 1.54) is 0 Å². The monoisotopic (exact) mass is 364 g/mol. The van der Waals surface area contributed by atoms with E-state index in [4.69, 9.17) is 0 Å². The number of rotatable bonds is 6. The first-order chi connectivity index (χ1) is 10.5. The number of likely N-dealkylation sites (N-methyl/N-ethyl adjacent to an activating group) is 1. The fraction of sp³-hybridized carbons (Fsp3) is 0.375. The topological polar surface area (TPSA) is 58.9 Å². The highest BCUT2D eigenvalue weighted by molar-refractivity contribution is 9.10. The van der Waals surface area contributed by atoms with Gasteiger partial charge < -0.3 is 10.6 Å². The van der Waals surface area contributed by atoms with Crippen LogP contribution in [-0.2, 0) is 0 Å². The summed E-state index contributed by atoms with van der Waals surface area (Å²) < 4.78 is 2.88. The summed E-state index contributed by atoms with van der Waals surface area (Å²) in [6, 6.07) is 7.46. The molecule has 0 aliphatic rings. The van der Waals surface area contributed by atoms with Gasteiger partial charge in [-0.15, -0.1) is 0 Å². The summed E-state index contributed by atoms with van der Waals surface area (Å²) in [5.41, 5.74) is 3.58. The van der Waals surface area contributed by atoms with E-state index in [1.54, 1.807) is 0 Å². The number of benzene rings is 1. The lowest BCUT2D eigenvalue weighted by Crippen LogP contribution is -2.31. The minimum atomic E-state index is -0.0565. The van der Waals surface area contributed by atoms with E-state index in [2.05, 4.69) is 31.7 Å². The summed E-state index contributed by atoms with van der Waals surface area (Å²) in [6.45, 7) is 8.31. The van der Waals surface area contributed by atoms with E-state index in [1.807, 2.05) is 49.7 Å². The predicted molar refractivity (Wildman–Crippen MR) is 91.6 cm³/mol. The van der Waals surface area contributed by atoms with Crippen LogP contribution in [0, 0.1) is 13.8 Å². The average Bonchev–Trinajstić information content (AvgIpc) is 2.79. The van der Waals surface area contributed by atoms with Gasteiger partial charge in [-0.25, -0.2) is 4.68 Å². The molecule has 2 aromatic rings. The zero-order valence-corrected chi connectivity index (χ0v) is 14.7. The van der Waals surface area contributed by atoms with Gasteiger partial charge in [-0.05, 0) is 60.6 Å². The van der Waals surface area contributed by atoms with Crippen LogP contribution < -0.4 is 10.6 Å². The van der Waals surface area contributed by atoms with Crippen LogP contribution in [0.5, 0.6) is 0 Å². The molecule has 0 unspecified atom stereocenters. The van der Waals surface area contributed by atoms with Gasteiger partial charge in [0.1, 0.15) is 0 Å². The minimum Gasteiger partial charge on any atom is -0.351 e. The molecule has 1 aromatic heterocycles. The van der Waals surface area contributed by atoms with E-state index in [-0.39, 0.29) is 5.91 Å². The number of hydrogen-bond donors (Lipinski definition) is 2. The Bertz CT molecular complexity index is 649. The van der Waals surface area contributed by atoms with Gasteiger partial charge in [0.2, 0.25) is 0 Å². The molecule has 2 N–H and O–H groups in total. The number of halogens is 1. The number of amides is 1. The smallest absolute Gasteiger partial charge is 0.251 e. The number of hydrogen-bond acceptors (Lipinski definition) is 3. The van der Waals surface area contributed by atoms with Crippen molar-refractivity contribution in [3.05, 3.63) is 45.7 Å². The normalized spacial score (nSPS) is 10.7. The van der Waals surface area contributed by atoms with E-state index in [0.29, 0.717) is 12.1 Å². The van der Waals surface area contributed by atoms with Crippen LogP contribution >= 0.6 is 15.9 Å². The van der Waals surface area contributed by atoms with Crippen LogP contribution in [0.2, 0.25) is 0 Å². The Morgan fingerprint density at radius 1 is 1.23 bits per heavy atom. The van der Waals surface area contributed by atoms with Gasteiger partial charge in [-0.3, -0.25) is 4.79 Å². The summed E-state index contributed by atoms with van der Waals surface area (Å²) in [6.07, 6.45) is 0. The fourth-order valence-corrected chi connectivity index (χ4v) is 2.42. The van der Waals surface area contributed by atoms with Gasteiger partial charge in [0.05, 0.1) is 21.5 Å². The molecular weight excluding hydrogens is 344 g/mol. The molecule has 0 fully saturated rings. The second-order valence-electron chi connectivity index (χ2n) is 5.05. The van der Waals surface area contributed by atoms with Gasteiger partial charge in [0.15, 0.2) is 0 Å². The third-order valence-electron chi connectivity index (χ3n) is 3.41. The molecule has 5 nitrogen and oxygen atoms in total. The van der Waals surface area contributed by atoms with Crippen LogP contribution in [0.15, 0.2) is 28.7 Å². The molecule has 6 heteroatoms. The zero-order valence-electron chi connectivity index (χ0n) is 13.1. The summed E-state index contributed by atoms with van der Waals surface area (Å²) in [7, 11) is 0. The van der Waals surface area contributed by atoms with Crippen molar-refractivity contribution in [2.75, 3.05) is 19.6 Å². The Kier molecular flexibility index (Phi) is 5.74. The molecule has 118 valence electrons. The number of aryl methyl sites for hydroxylation is 1. The maximum Gasteiger partial charge on any atom is 0.251 e. The van der Waals surface area contributed by atoms with Crippen LogP contribution in [0.1, 0.15) is 28.7 Å². The minimum absolute atomic E-state index is 0.0565. The highest BCUT2D eigenvalue weighted by Gasteiger charge is 2.11. The van der Waals surface area contributed by atoms with E-state index >= 15 is 0 Å². The van der Waals surface area contributed by atoms with Crippen molar-refractivity contribution in [3.63, 3.8) is 0 Å². The second-order valence-corrected chi connectivity index (χ2v) is 5.85. The largest absolute Gasteiger partial charge is 0.351 e. The molecule has 1 aromatic carbocycles. The Hall–Kier alpha value is -1.66. The molecule has 0 saturated carbocycles. The third kappa shape index (κ3) is 3.75. The van der Waals surface area contributed by atoms with Gasteiger partial charge >= 0.3 is 0 Å². The highest BCUT2D eigenvalue weighted by atomic mass is 79.9. The molecule has 0 spiro atoms. The van der Waals surface area contributed by atoms with Crippen molar-refractivity contribution < 1.29 is 4.79 Å². The Morgan fingerprint density at radius 2 is 1.91 bits per heavy atom. The first-order valence-electron chi connectivity index (χ1n) is 7.35. The van der Waals surface area contributed by atoms with Gasteiger partial charge in [-0.1, -0.05) is 6.92 Å². The van der Waals surface area contributed by atoms with E-state index in [0.717, 1.165) is 34.6 Å². The highest BCUT2D eigenvalue weighted by Crippen LogP contribution is 2.23. The number of nitrogens with one attached hydrogen (secondary N) is 2. The average molecular weight is 365 g/mol. The SMILES string of the molecule is CCNCCNC(=O)c1ccc(-n2nc(C)c(Br)c2C)cc1. The molecule has 0 radical (unpaired) electrons. The first-order valence-corrected chi connectivity index (χ1v) is 8.15. The third-order valence-corrected chi connectivity index (χ3v) is 4.56. The zero-order chi connectivity index (χ0) is 16.1. The molecule has 0 saturated heterocycles. The molecule has 0 atom stereocenters. The summed E-state index contributed by atoms with van der Waals surface area (Å²) >= 11 is 3.52. The Balaban J connectivity index is 2.07. The van der Waals surface area contributed by atoms with Crippen LogP contribution in [0.4, 0.5) is 0 Å². The number of aromatic nitrogens is 2. The molecule has 1 amide bonds. The molecule has 0 aliphatic heterocycles. The summed E-state index contributed by atoms with van der Waals surface area (Å²) in [5.74, 6) is -0.0565. The number of carbonyl (C=O) groups excluding carboxylic acids is 1. The molecule has 22 heavy (non-hydrogen) atoms. The van der Waals surface area contributed by atoms with Crippen LogP contribution in [-0.4, -0.2) is 35.3 Å². The lowest BCUT2D eigenvalue weighted by atomic mass is 10.2. The molecule has 0 bridgehead atoms. The molecule has 2 rings (SSSR count). The lowest BCUT2D eigenvalue weighted by molar-refractivity contribution is 0.0954. The predicted octanol–water partition coefficient (Wildman–Crippen LogP) is 2.59. The van der Waals surface area contributed by atoms with Gasteiger partial charge in [0, 0.05) is 18.7 Å². The number of nitrogens with zero attached hydrogens (tertiary/aromatic N) is 2. The Labute approximate surface area is 139 Å². The van der Waals surface area contributed by atoms with Crippen molar-refractivity contribution in [2.45, 2.75) is 20.8 Å². The second kappa shape index (κ2) is 7.56. The standard InChI is InChI=1S/C16H21BrN4O/c1-4-18-9-10-19-16(22)13-5-7-14(8-6-13)21-12(3)15(17)11(2)20-21/h5-8,18H,4,9-10H2,1-3H3,(H,19,22). The Morgan fingerprint density at radius 3 is 2.45 bits per heavy atom. The van der Waals surface area contributed by atoms with Crippen molar-refractivity contribution >= 4 is 21.8 Å². The first kappa shape index (κ1) is 16.7. The summed E-state index contributed by atoms with van der Waals surface area (Å²) in [5, 5.41) is 10.5. The van der Waals surface area contributed by atoms with Crippen molar-refractivity contribution in [1.29, 1.82) is 0 Å². The van der Waals surface area contributed by atoms with E-state index < -0.39 is 0 Å². The van der Waals surface area contributed by atoms with Gasteiger partial charge in [0.25, 0.3) is 5.91 Å². The quantitative estimate of drug-likeness (QED) is 0.774. The van der Waals surface area contributed by atoms with Crippen molar-refractivity contribution in [1.82, 2.24) is 20.4 Å². The maximum absolute atomic E-state index is 12.0. The fourth-order valence-electron chi connectivity index (χ4n) is 2.17. The molecule has 1 heterocycles. The molecular formula is C16H21BrN4O. The van der Waals surface area contributed by atoms with Crippen molar-refractivity contribution in [2.24, 2.45) is 0 Å². The van der Waals surface area contributed by atoms with Gasteiger partial charge in [-0.2, -0.15) is 5.10 Å². The maximum atomic E-state index is 12.0. The van der Waals surface area contributed by atoms with Crippen molar-refractivity contribution in [3.8, 4) is 5.69 Å². The lowest BCUT2D eigenvalue weighted by Gasteiger charge is -2.08. The van der Waals surface area contributed by atoms with Crippen LogP contribution in [0.3, 0.4) is 0 Å². The number of carbonyl (C=O) groups is 1. The van der Waals surface area contributed by atoms with Crippen LogP contribution in [0.25, 0.3) is 5.69 Å².